The number of imidazole rings is 1. The van der Waals surface area contributed by atoms with E-state index in [1.807, 2.05) is 31.6 Å². The maximum Gasteiger partial charge on any atom is 0.113 e. The SMILES string of the molecule is CCCc1nccn1-c1ccc(N)c2cnc(C)cc12. The van der Waals surface area contributed by atoms with Gasteiger partial charge in [0.1, 0.15) is 5.82 Å². The lowest BCUT2D eigenvalue weighted by molar-refractivity contribution is 0.811. The fourth-order valence-electron chi connectivity index (χ4n) is 2.52. The van der Waals surface area contributed by atoms with E-state index >= 15 is 0 Å². The van der Waals surface area contributed by atoms with Crippen molar-refractivity contribution in [3.63, 3.8) is 0 Å². The molecule has 0 unspecified atom stereocenters. The summed E-state index contributed by atoms with van der Waals surface area (Å²) in [5.41, 5.74) is 8.92. The summed E-state index contributed by atoms with van der Waals surface area (Å²) in [6.45, 7) is 4.15. The average Bonchev–Trinajstić information content (AvgIpc) is 2.88. The summed E-state index contributed by atoms with van der Waals surface area (Å²) in [5, 5.41) is 2.11. The summed E-state index contributed by atoms with van der Waals surface area (Å²) in [7, 11) is 0. The van der Waals surface area contributed by atoms with Crippen LogP contribution in [0.15, 0.2) is 36.8 Å². The Morgan fingerprint density at radius 2 is 2.05 bits per heavy atom. The van der Waals surface area contributed by atoms with E-state index in [4.69, 9.17) is 5.73 Å². The Morgan fingerprint density at radius 3 is 2.85 bits per heavy atom. The van der Waals surface area contributed by atoms with Crippen LogP contribution in [0.5, 0.6) is 0 Å². The molecule has 0 bridgehead atoms. The van der Waals surface area contributed by atoms with Crippen molar-refractivity contribution in [3.8, 4) is 5.69 Å². The average molecular weight is 266 g/mol. The molecule has 0 fully saturated rings. The molecule has 0 aliphatic rings. The highest BCUT2D eigenvalue weighted by molar-refractivity contribution is 5.98. The van der Waals surface area contributed by atoms with E-state index in [9.17, 15) is 0 Å². The zero-order valence-electron chi connectivity index (χ0n) is 11.8. The van der Waals surface area contributed by atoms with Crippen LogP contribution in [-0.4, -0.2) is 14.5 Å². The summed E-state index contributed by atoms with van der Waals surface area (Å²) < 4.78 is 2.14. The number of anilines is 1. The van der Waals surface area contributed by atoms with E-state index in [-0.39, 0.29) is 0 Å². The summed E-state index contributed by atoms with van der Waals surface area (Å²) in [5.74, 6) is 1.08. The minimum Gasteiger partial charge on any atom is -0.398 e. The Hall–Kier alpha value is -2.36. The Morgan fingerprint density at radius 1 is 1.20 bits per heavy atom. The molecule has 0 atom stereocenters. The molecule has 0 saturated carbocycles. The molecule has 0 aliphatic heterocycles. The highest BCUT2D eigenvalue weighted by Crippen LogP contribution is 2.28. The second kappa shape index (κ2) is 4.96. The number of nitrogens with zero attached hydrogens (tertiary/aromatic N) is 3. The van der Waals surface area contributed by atoms with Gasteiger partial charge in [-0.1, -0.05) is 6.92 Å². The molecule has 0 saturated heterocycles. The molecule has 0 spiro atoms. The number of rotatable bonds is 3. The molecule has 2 heterocycles. The van der Waals surface area contributed by atoms with Gasteiger partial charge in [-0.3, -0.25) is 4.98 Å². The van der Waals surface area contributed by atoms with Crippen molar-refractivity contribution in [1.82, 2.24) is 14.5 Å². The maximum absolute atomic E-state index is 6.06. The van der Waals surface area contributed by atoms with Crippen LogP contribution in [-0.2, 0) is 6.42 Å². The molecule has 3 rings (SSSR count). The van der Waals surface area contributed by atoms with Crippen LogP contribution in [0, 0.1) is 6.92 Å². The van der Waals surface area contributed by atoms with Crippen molar-refractivity contribution < 1.29 is 0 Å². The molecule has 1 aromatic carbocycles. The monoisotopic (exact) mass is 266 g/mol. The van der Waals surface area contributed by atoms with Gasteiger partial charge < -0.3 is 10.3 Å². The van der Waals surface area contributed by atoms with Gasteiger partial charge in [0.2, 0.25) is 0 Å². The molecule has 3 aromatic rings. The number of nitrogen functional groups attached to an aromatic ring is 1. The fourth-order valence-corrected chi connectivity index (χ4v) is 2.52. The minimum absolute atomic E-state index is 0.758. The topological polar surface area (TPSA) is 56.7 Å². The molecule has 0 aliphatic carbocycles. The van der Waals surface area contributed by atoms with Crippen molar-refractivity contribution in [3.05, 3.63) is 48.3 Å². The number of aryl methyl sites for hydroxylation is 2. The number of hydrogen-bond acceptors (Lipinski definition) is 3. The molecule has 2 aromatic heterocycles. The predicted molar refractivity (Wildman–Crippen MR) is 82.0 cm³/mol. The zero-order chi connectivity index (χ0) is 14.1. The summed E-state index contributed by atoms with van der Waals surface area (Å²) in [6.07, 6.45) is 7.74. The third-order valence-corrected chi connectivity index (χ3v) is 3.50. The molecular formula is C16H18N4. The van der Waals surface area contributed by atoms with Crippen molar-refractivity contribution in [2.75, 3.05) is 5.73 Å². The fraction of sp³-hybridized carbons (Fsp3) is 0.250. The van der Waals surface area contributed by atoms with Gasteiger partial charge in [-0.15, -0.1) is 0 Å². The largest absolute Gasteiger partial charge is 0.398 e. The molecule has 0 radical (unpaired) electrons. The van der Waals surface area contributed by atoms with Crippen LogP contribution >= 0.6 is 0 Å². The van der Waals surface area contributed by atoms with Crippen molar-refractivity contribution in [2.24, 2.45) is 0 Å². The van der Waals surface area contributed by atoms with Crippen LogP contribution < -0.4 is 5.73 Å². The lowest BCUT2D eigenvalue weighted by atomic mass is 10.1. The van der Waals surface area contributed by atoms with Crippen molar-refractivity contribution in [1.29, 1.82) is 0 Å². The van der Waals surface area contributed by atoms with Gasteiger partial charge in [-0.05, 0) is 31.5 Å². The van der Waals surface area contributed by atoms with E-state index in [1.54, 1.807) is 0 Å². The van der Waals surface area contributed by atoms with Gasteiger partial charge in [0.15, 0.2) is 0 Å². The van der Waals surface area contributed by atoms with Gasteiger partial charge >= 0.3 is 0 Å². The van der Waals surface area contributed by atoms with Crippen LogP contribution in [0.25, 0.3) is 16.5 Å². The number of nitrogens with two attached hydrogens (primary N) is 1. The molecular weight excluding hydrogens is 248 g/mol. The first kappa shape index (κ1) is 12.7. The normalized spacial score (nSPS) is 11.1. The first-order valence-electron chi connectivity index (χ1n) is 6.88. The number of fused-ring (bicyclic) bond motifs is 1. The number of benzene rings is 1. The van der Waals surface area contributed by atoms with Crippen LogP contribution in [0.2, 0.25) is 0 Å². The Kier molecular flexibility index (Phi) is 3.14. The molecule has 20 heavy (non-hydrogen) atoms. The smallest absolute Gasteiger partial charge is 0.113 e. The molecule has 4 nitrogen and oxygen atoms in total. The number of pyridine rings is 1. The van der Waals surface area contributed by atoms with E-state index in [1.165, 1.54) is 0 Å². The molecule has 2 N–H and O–H groups in total. The van der Waals surface area contributed by atoms with Gasteiger partial charge in [-0.25, -0.2) is 4.98 Å². The van der Waals surface area contributed by atoms with Crippen molar-refractivity contribution >= 4 is 16.5 Å². The second-order valence-corrected chi connectivity index (χ2v) is 5.01. The standard InChI is InChI=1S/C16H18N4/c1-3-4-16-18-7-8-20(16)15-6-5-14(17)13-10-19-11(2)9-12(13)15/h5-10H,3-4,17H2,1-2H3. The Labute approximate surface area is 118 Å². The first-order chi connectivity index (χ1) is 9.70. The van der Waals surface area contributed by atoms with E-state index in [0.29, 0.717) is 0 Å². The van der Waals surface area contributed by atoms with E-state index < -0.39 is 0 Å². The third kappa shape index (κ3) is 2.03. The van der Waals surface area contributed by atoms with Gasteiger partial charge in [-0.2, -0.15) is 0 Å². The Balaban J connectivity index is 2.28. The molecule has 4 heteroatoms. The first-order valence-corrected chi connectivity index (χ1v) is 6.88. The number of aromatic nitrogens is 3. The predicted octanol–water partition coefficient (Wildman–Crippen LogP) is 3.26. The quantitative estimate of drug-likeness (QED) is 0.740. The highest BCUT2D eigenvalue weighted by atomic mass is 15.1. The van der Waals surface area contributed by atoms with Crippen LogP contribution in [0.3, 0.4) is 0 Å². The third-order valence-electron chi connectivity index (χ3n) is 3.50. The summed E-state index contributed by atoms with van der Waals surface area (Å²) >= 11 is 0. The lowest BCUT2D eigenvalue weighted by Gasteiger charge is -2.12. The van der Waals surface area contributed by atoms with Crippen LogP contribution in [0.1, 0.15) is 24.9 Å². The second-order valence-electron chi connectivity index (χ2n) is 5.01. The maximum atomic E-state index is 6.06. The molecule has 102 valence electrons. The highest BCUT2D eigenvalue weighted by Gasteiger charge is 2.10. The van der Waals surface area contributed by atoms with Crippen molar-refractivity contribution in [2.45, 2.75) is 26.7 Å². The lowest BCUT2D eigenvalue weighted by Crippen LogP contribution is -2.02. The van der Waals surface area contributed by atoms with E-state index in [0.717, 1.165) is 46.5 Å². The van der Waals surface area contributed by atoms with Gasteiger partial charge in [0, 0.05) is 47.2 Å². The Bertz CT molecular complexity index is 758. The minimum atomic E-state index is 0.758. The summed E-state index contributed by atoms with van der Waals surface area (Å²) in [4.78, 5) is 8.79. The molecule has 0 amide bonds. The number of hydrogen-bond donors (Lipinski definition) is 1. The zero-order valence-corrected chi connectivity index (χ0v) is 11.8. The van der Waals surface area contributed by atoms with Gasteiger partial charge in [0.25, 0.3) is 0 Å². The van der Waals surface area contributed by atoms with Crippen LogP contribution in [0.4, 0.5) is 5.69 Å². The van der Waals surface area contributed by atoms with E-state index in [2.05, 4.69) is 33.6 Å². The summed E-state index contributed by atoms with van der Waals surface area (Å²) in [6, 6.07) is 6.07. The van der Waals surface area contributed by atoms with Gasteiger partial charge in [0.05, 0.1) is 5.69 Å².